The number of hydrogen-bond acceptors (Lipinski definition) is 7. The molecule has 9 heteroatoms. The van der Waals surface area contributed by atoms with Gasteiger partial charge in [0.15, 0.2) is 0 Å². The molecule has 0 radical (unpaired) electrons. The van der Waals surface area contributed by atoms with Crippen molar-refractivity contribution < 1.29 is 4.84 Å². The fraction of sp³-hybridized carbons (Fsp3) is 0.429. The minimum absolute atomic E-state index is 0.0255. The lowest BCUT2D eigenvalue weighted by Gasteiger charge is -2.27. The molecule has 0 spiro atoms. The molecule has 198 valence electrons. The Morgan fingerprint density at radius 2 is 1.22 bits per heavy atom. The molecule has 0 atom stereocenters. The molecule has 3 aromatic rings. The average Bonchev–Trinajstić information content (AvgIpc) is 2.89. The van der Waals surface area contributed by atoms with Crippen molar-refractivity contribution in [3.8, 4) is 0 Å². The Labute approximate surface area is 218 Å². The molecular weight excluding hydrogens is 468 g/mol. The summed E-state index contributed by atoms with van der Waals surface area (Å²) in [4.78, 5) is 35.2. The van der Waals surface area contributed by atoms with E-state index in [9.17, 15) is 9.59 Å². The van der Waals surface area contributed by atoms with Crippen LogP contribution in [0.5, 0.6) is 0 Å². The molecule has 0 saturated carbocycles. The Kier molecular flexibility index (Phi) is 10.1. The highest BCUT2D eigenvalue weighted by Crippen LogP contribution is 2.05. The number of hydrogen-bond donors (Lipinski definition) is 2. The monoisotopic (exact) mass is 506 g/mol. The lowest BCUT2D eigenvalue weighted by atomic mass is 10.2. The van der Waals surface area contributed by atoms with Gasteiger partial charge < -0.3 is 20.0 Å². The largest absolute Gasteiger partial charge is 0.406 e. The van der Waals surface area contributed by atoms with Gasteiger partial charge in [-0.1, -0.05) is 42.5 Å². The Bertz CT molecular complexity index is 1210. The summed E-state index contributed by atoms with van der Waals surface area (Å²) in [5.41, 5.74) is 2.75. The van der Waals surface area contributed by atoms with Crippen LogP contribution in [0.1, 0.15) is 17.0 Å². The van der Waals surface area contributed by atoms with E-state index in [-0.39, 0.29) is 11.1 Å². The molecule has 0 unspecified atom stereocenters. The normalized spacial score (nSPS) is 16.6. The minimum atomic E-state index is -0.157. The molecule has 9 nitrogen and oxygen atoms in total. The van der Waals surface area contributed by atoms with Gasteiger partial charge in [0, 0.05) is 90.3 Å². The number of benzene rings is 1. The van der Waals surface area contributed by atoms with E-state index in [0.717, 1.165) is 75.9 Å². The summed E-state index contributed by atoms with van der Waals surface area (Å²) in [5.74, 6) is 0. The van der Waals surface area contributed by atoms with Gasteiger partial charge in [-0.25, -0.2) is 0 Å². The second-order valence-corrected chi connectivity index (χ2v) is 9.38. The highest BCUT2D eigenvalue weighted by Gasteiger charge is 2.13. The zero-order valence-corrected chi connectivity index (χ0v) is 21.6. The van der Waals surface area contributed by atoms with E-state index in [0.29, 0.717) is 13.2 Å². The van der Waals surface area contributed by atoms with Crippen LogP contribution in [0.2, 0.25) is 0 Å². The highest BCUT2D eigenvalue weighted by atomic mass is 16.7. The second kappa shape index (κ2) is 13.9. The van der Waals surface area contributed by atoms with Crippen molar-refractivity contribution in [1.82, 2.24) is 29.7 Å². The maximum absolute atomic E-state index is 12.6. The van der Waals surface area contributed by atoms with E-state index < -0.39 is 0 Å². The molecule has 2 N–H and O–H groups in total. The van der Waals surface area contributed by atoms with E-state index in [1.807, 2.05) is 55.6 Å². The molecule has 1 saturated heterocycles. The summed E-state index contributed by atoms with van der Waals surface area (Å²) in [5, 5.41) is 7.12. The van der Waals surface area contributed by atoms with Crippen LogP contribution >= 0.6 is 0 Å². The first kappa shape index (κ1) is 26.8. The minimum Gasteiger partial charge on any atom is -0.406 e. The number of rotatable bonds is 7. The molecule has 1 aliphatic rings. The fourth-order valence-electron chi connectivity index (χ4n) is 4.46. The first-order valence-electron chi connectivity index (χ1n) is 13.0. The first-order chi connectivity index (χ1) is 18.1. The van der Waals surface area contributed by atoms with Crippen LogP contribution in [0.25, 0.3) is 0 Å². The fourth-order valence-corrected chi connectivity index (χ4v) is 4.46. The molecule has 1 aromatic carbocycles. The Morgan fingerprint density at radius 1 is 0.676 bits per heavy atom. The molecule has 0 bridgehead atoms. The van der Waals surface area contributed by atoms with Gasteiger partial charge in [-0.15, -0.1) is 4.73 Å². The van der Waals surface area contributed by atoms with Crippen molar-refractivity contribution in [1.29, 1.82) is 0 Å². The number of nitrogens with one attached hydrogen (secondary N) is 2. The standard InChI is InChI=1S/C28H38N6O3/c1-31-25(9-5-11-27(31)35)21-32-17-13-29-15-19-33(20-16-30-14-18-32)22-26-10-6-12-28(36)34(26)37-23-24-7-3-2-4-8-24/h2-12,29-30H,13-23H2,1H3. The van der Waals surface area contributed by atoms with Gasteiger partial charge in [-0.05, 0) is 17.7 Å². The lowest BCUT2D eigenvalue weighted by Crippen LogP contribution is -2.43. The van der Waals surface area contributed by atoms with Gasteiger partial charge in [-0.3, -0.25) is 19.4 Å². The average molecular weight is 507 g/mol. The zero-order valence-electron chi connectivity index (χ0n) is 21.6. The molecule has 3 heterocycles. The molecule has 1 aliphatic heterocycles. The highest BCUT2D eigenvalue weighted by molar-refractivity contribution is 5.14. The van der Waals surface area contributed by atoms with Gasteiger partial charge >= 0.3 is 0 Å². The molecule has 0 aliphatic carbocycles. The quantitative estimate of drug-likeness (QED) is 0.488. The summed E-state index contributed by atoms with van der Waals surface area (Å²) in [6.07, 6.45) is 0. The maximum Gasteiger partial charge on any atom is 0.283 e. The van der Waals surface area contributed by atoms with Crippen molar-refractivity contribution in [3.63, 3.8) is 0 Å². The van der Waals surface area contributed by atoms with Crippen LogP contribution in [0, 0.1) is 0 Å². The summed E-state index contributed by atoms with van der Waals surface area (Å²) in [6, 6.07) is 20.6. The van der Waals surface area contributed by atoms with E-state index >= 15 is 0 Å². The van der Waals surface area contributed by atoms with Crippen molar-refractivity contribution in [2.75, 3.05) is 52.4 Å². The molecule has 0 amide bonds. The number of aromatic nitrogens is 2. The van der Waals surface area contributed by atoms with Crippen LogP contribution in [-0.4, -0.2) is 71.5 Å². The third kappa shape index (κ3) is 8.13. The van der Waals surface area contributed by atoms with Crippen molar-refractivity contribution in [3.05, 3.63) is 104 Å². The lowest BCUT2D eigenvalue weighted by molar-refractivity contribution is 0.0759. The Balaban J connectivity index is 1.33. The zero-order chi connectivity index (χ0) is 25.9. The molecule has 2 aromatic heterocycles. The topological polar surface area (TPSA) is 83.8 Å². The number of nitrogens with zero attached hydrogens (tertiary/aromatic N) is 4. The van der Waals surface area contributed by atoms with Crippen LogP contribution < -0.4 is 26.6 Å². The Morgan fingerprint density at radius 3 is 1.84 bits per heavy atom. The van der Waals surface area contributed by atoms with Crippen molar-refractivity contribution >= 4 is 0 Å². The third-order valence-electron chi connectivity index (χ3n) is 6.67. The van der Waals surface area contributed by atoms with Crippen LogP contribution in [-0.2, 0) is 26.7 Å². The van der Waals surface area contributed by atoms with E-state index in [1.54, 1.807) is 16.7 Å². The van der Waals surface area contributed by atoms with Gasteiger partial charge in [0.1, 0.15) is 6.61 Å². The predicted molar refractivity (Wildman–Crippen MR) is 145 cm³/mol. The van der Waals surface area contributed by atoms with Crippen LogP contribution in [0.15, 0.2) is 76.3 Å². The van der Waals surface area contributed by atoms with Gasteiger partial charge in [0.25, 0.3) is 5.56 Å². The van der Waals surface area contributed by atoms with E-state index in [4.69, 9.17) is 4.84 Å². The summed E-state index contributed by atoms with van der Waals surface area (Å²) < 4.78 is 3.15. The van der Waals surface area contributed by atoms with E-state index in [2.05, 4.69) is 20.4 Å². The molecule has 37 heavy (non-hydrogen) atoms. The Hall–Kier alpha value is -3.24. The molecule has 1 fully saturated rings. The third-order valence-corrected chi connectivity index (χ3v) is 6.67. The SMILES string of the molecule is Cn1c(CN2CCNCCN(Cc3cccc(=O)n3OCc3ccccc3)CCNCC2)cccc1=O. The first-order valence-corrected chi connectivity index (χ1v) is 13.0. The van der Waals surface area contributed by atoms with Crippen LogP contribution in [0.4, 0.5) is 0 Å². The van der Waals surface area contributed by atoms with Crippen LogP contribution in [0.3, 0.4) is 0 Å². The van der Waals surface area contributed by atoms with Gasteiger partial charge in [0.05, 0.1) is 5.69 Å². The number of pyridine rings is 2. The summed E-state index contributed by atoms with van der Waals surface area (Å²) >= 11 is 0. The van der Waals surface area contributed by atoms with Crippen molar-refractivity contribution in [2.24, 2.45) is 7.05 Å². The molecular formula is C28H38N6O3. The van der Waals surface area contributed by atoms with Gasteiger partial charge in [0.2, 0.25) is 5.56 Å². The molecule has 4 rings (SSSR count). The second-order valence-electron chi connectivity index (χ2n) is 9.38. The smallest absolute Gasteiger partial charge is 0.283 e. The van der Waals surface area contributed by atoms with E-state index in [1.165, 1.54) is 10.8 Å². The van der Waals surface area contributed by atoms with Gasteiger partial charge in [-0.2, -0.15) is 0 Å². The van der Waals surface area contributed by atoms with Crippen molar-refractivity contribution in [2.45, 2.75) is 19.7 Å². The summed E-state index contributed by atoms with van der Waals surface area (Å²) in [6.45, 7) is 8.66. The maximum atomic E-state index is 12.6. The predicted octanol–water partition coefficient (Wildman–Crippen LogP) is 0.673. The summed E-state index contributed by atoms with van der Waals surface area (Å²) in [7, 11) is 1.83.